The molecule has 0 saturated carbocycles. The molecule has 7 nitrogen and oxygen atoms in total. The van der Waals surface area contributed by atoms with Gasteiger partial charge in [-0.15, -0.1) is 0 Å². The molecule has 4 heterocycles. The van der Waals surface area contributed by atoms with E-state index in [1.54, 1.807) is 23.5 Å². The lowest BCUT2D eigenvalue weighted by molar-refractivity contribution is -0.127. The number of likely N-dealkylation sites (tertiary alicyclic amines) is 1. The molecule has 2 aromatic rings. The molecule has 0 N–H and O–H groups in total. The van der Waals surface area contributed by atoms with Gasteiger partial charge in [-0.3, -0.25) is 4.79 Å². The summed E-state index contributed by atoms with van der Waals surface area (Å²) < 4.78 is 28.9. The Kier molecular flexibility index (Phi) is 5.28. The minimum absolute atomic E-state index is 0.0475. The number of nitrogens with zero attached hydrogens (tertiary/aromatic N) is 4. The molecule has 1 aromatic carbocycles. The van der Waals surface area contributed by atoms with Crippen LogP contribution in [0.1, 0.15) is 38.2 Å². The Bertz CT molecular complexity index is 1130. The summed E-state index contributed by atoms with van der Waals surface area (Å²) >= 11 is 7.55. The zero-order valence-electron chi connectivity index (χ0n) is 17.4. The molecule has 3 aliphatic heterocycles. The number of benzene rings is 1. The SMILES string of the molecule is CC(=O)N1CCC2(C1)CN(c1ncc(Cl)s1)c1ccc(S(=O)(=O)N3CCCCC3)cc12. The van der Waals surface area contributed by atoms with Gasteiger partial charge in [0.2, 0.25) is 15.9 Å². The Morgan fingerprint density at radius 2 is 1.94 bits per heavy atom. The van der Waals surface area contributed by atoms with Crippen molar-refractivity contribution >= 4 is 49.7 Å². The summed E-state index contributed by atoms with van der Waals surface area (Å²) in [7, 11) is -3.54. The quantitative estimate of drug-likeness (QED) is 0.670. The van der Waals surface area contributed by atoms with Crippen molar-refractivity contribution in [1.82, 2.24) is 14.2 Å². The molecule has 2 fully saturated rings. The Morgan fingerprint density at radius 1 is 1.16 bits per heavy atom. The van der Waals surface area contributed by atoms with E-state index in [-0.39, 0.29) is 11.3 Å². The highest BCUT2D eigenvalue weighted by Gasteiger charge is 2.49. The van der Waals surface area contributed by atoms with Crippen molar-refractivity contribution in [1.29, 1.82) is 0 Å². The van der Waals surface area contributed by atoms with Crippen LogP contribution in [0.25, 0.3) is 0 Å². The van der Waals surface area contributed by atoms with Crippen molar-refractivity contribution in [2.75, 3.05) is 37.6 Å². The first kappa shape index (κ1) is 21.2. The Morgan fingerprint density at radius 3 is 2.58 bits per heavy atom. The lowest BCUT2D eigenvalue weighted by atomic mass is 9.81. The van der Waals surface area contributed by atoms with E-state index in [1.165, 1.54) is 11.3 Å². The number of anilines is 2. The highest BCUT2D eigenvalue weighted by atomic mass is 35.5. The number of fused-ring (bicyclic) bond motifs is 2. The van der Waals surface area contributed by atoms with E-state index in [9.17, 15) is 13.2 Å². The lowest BCUT2D eigenvalue weighted by Crippen LogP contribution is -2.37. The second-order valence-electron chi connectivity index (χ2n) is 8.65. The van der Waals surface area contributed by atoms with Gasteiger partial charge >= 0.3 is 0 Å². The fourth-order valence-electron chi connectivity index (χ4n) is 5.09. The highest BCUT2D eigenvalue weighted by molar-refractivity contribution is 7.89. The summed E-state index contributed by atoms with van der Waals surface area (Å²) in [6.07, 6.45) is 5.31. The molecule has 1 unspecified atom stereocenters. The van der Waals surface area contributed by atoms with Gasteiger partial charge in [-0.05, 0) is 43.0 Å². The summed E-state index contributed by atoms with van der Waals surface area (Å²) in [5, 5.41) is 0.788. The molecular formula is C21H25ClN4O3S2. The van der Waals surface area contributed by atoms with Crippen molar-refractivity contribution in [3.05, 3.63) is 34.3 Å². The Balaban J connectivity index is 1.59. The number of carbonyl (C=O) groups excluding carboxylic acids is 1. The number of thiazole rings is 1. The molecular weight excluding hydrogens is 456 g/mol. The minimum Gasteiger partial charge on any atom is -0.342 e. The maximum Gasteiger partial charge on any atom is 0.243 e. The van der Waals surface area contributed by atoms with Crippen molar-refractivity contribution < 1.29 is 13.2 Å². The maximum atomic E-state index is 13.3. The molecule has 1 amide bonds. The fraction of sp³-hybridized carbons (Fsp3) is 0.524. The van der Waals surface area contributed by atoms with Crippen LogP contribution in [0.2, 0.25) is 4.34 Å². The van der Waals surface area contributed by atoms with E-state index in [0.29, 0.717) is 42.0 Å². The molecule has 31 heavy (non-hydrogen) atoms. The fourth-order valence-corrected chi connectivity index (χ4v) is 7.55. The number of aromatic nitrogens is 1. The maximum absolute atomic E-state index is 13.3. The van der Waals surface area contributed by atoms with E-state index >= 15 is 0 Å². The van der Waals surface area contributed by atoms with E-state index in [1.807, 2.05) is 17.0 Å². The largest absolute Gasteiger partial charge is 0.342 e. The van der Waals surface area contributed by atoms with Gasteiger partial charge in [0.05, 0.1) is 11.1 Å². The summed E-state index contributed by atoms with van der Waals surface area (Å²) in [6, 6.07) is 5.45. The predicted octanol–water partition coefficient (Wildman–Crippen LogP) is 3.61. The van der Waals surface area contributed by atoms with Crippen LogP contribution in [0, 0.1) is 0 Å². The van der Waals surface area contributed by atoms with Gasteiger partial charge in [-0.25, -0.2) is 13.4 Å². The van der Waals surface area contributed by atoms with Gasteiger partial charge < -0.3 is 9.80 Å². The van der Waals surface area contributed by atoms with Crippen LogP contribution in [0.3, 0.4) is 0 Å². The molecule has 1 spiro atoms. The first-order chi connectivity index (χ1) is 14.8. The van der Waals surface area contributed by atoms with Gasteiger partial charge in [0.1, 0.15) is 4.34 Å². The van der Waals surface area contributed by atoms with Crippen LogP contribution >= 0.6 is 22.9 Å². The standard InChI is InChI=1S/C21H25ClN4O3S2/c1-15(27)24-10-7-21(13-24)14-26(20-23-12-19(22)30-20)18-6-5-16(11-17(18)21)31(28,29)25-8-3-2-4-9-25/h5-6,11-12H,2-4,7-10,13-14H2,1H3. The molecule has 3 aliphatic rings. The topological polar surface area (TPSA) is 73.8 Å². The zero-order valence-corrected chi connectivity index (χ0v) is 19.8. The summed E-state index contributed by atoms with van der Waals surface area (Å²) in [4.78, 5) is 20.8. The third kappa shape index (κ3) is 3.55. The number of amides is 1. The van der Waals surface area contributed by atoms with Crippen LogP contribution in [0.15, 0.2) is 29.3 Å². The van der Waals surface area contributed by atoms with Crippen molar-refractivity contribution in [3.63, 3.8) is 0 Å². The second kappa shape index (κ2) is 7.72. The number of sulfonamides is 1. The summed E-state index contributed by atoms with van der Waals surface area (Å²) in [5.74, 6) is 0.0475. The first-order valence-electron chi connectivity index (χ1n) is 10.6. The summed E-state index contributed by atoms with van der Waals surface area (Å²) in [5.41, 5.74) is 1.63. The third-order valence-electron chi connectivity index (χ3n) is 6.74. The van der Waals surface area contributed by atoms with E-state index in [2.05, 4.69) is 9.88 Å². The minimum atomic E-state index is -3.54. The van der Waals surface area contributed by atoms with E-state index < -0.39 is 10.0 Å². The van der Waals surface area contributed by atoms with E-state index in [0.717, 1.165) is 42.1 Å². The number of carbonyl (C=O) groups is 1. The average Bonchev–Trinajstić information content (AvgIpc) is 3.47. The molecule has 1 aromatic heterocycles. The normalized spacial score (nSPS) is 24.2. The monoisotopic (exact) mass is 480 g/mol. The first-order valence-corrected chi connectivity index (χ1v) is 13.2. The van der Waals surface area contributed by atoms with Gasteiger partial charge in [-0.1, -0.05) is 29.4 Å². The Hall–Kier alpha value is -1.68. The Labute approximate surface area is 191 Å². The second-order valence-corrected chi connectivity index (χ2v) is 12.2. The number of hydrogen-bond acceptors (Lipinski definition) is 6. The number of rotatable bonds is 3. The van der Waals surface area contributed by atoms with Gasteiger partial charge in [-0.2, -0.15) is 4.31 Å². The smallest absolute Gasteiger partial charge is 0.243 e. The molecule has 1 atom stereocenters. The van der Waals surface area contributed by atoms with E-state index in [4.69, 9.17) is 11.6 Å². The highest BCUT2D eigenvalue weighted by Crippen LogP contribution is 2.50. The van der Waals surface area contributed by atoms with Gasteiger partial charge in [0, 0.05) is 50.7 Å². The van der Waals surface area contributed by atoms with Crippen LogP contribution in [-0.2, 0) is 20.2 Å². The lowest BCUT2D eigenvalue weighted by Gasteiger charge is -2.27. The van der Waals surface area contributed by atoms with Crippen molar-refractivity contribution in [2.45, 2.75) is 42.9 Å². The number of piperidine rings is 1. The average molecular weight is 481 g/mol. The van der Waals surface area contributed by atoms with Crippen LogP contribution in [0.4, 0.5) is 10.8 Å². The third-order valence-corrected chi connectivity index (χ3v) is 9.77. The number of hydrogen-bond donors (Lipinski definition) is 0. The van der Waals surface area contributed by atoms with Crippen molar-refractivity contribution in [2.24, 2.45) is 0 Å². The molecule has 10 heteroatoms. The predicted molar refractivity (Wildman–Crippen MR) is 122 cm³/mol. The zero-order chi connectivity index (χ0) is 21.8. The molecule has 2 saturated heterocycles. The molecule has 166 valence electrons. The van der Waals surface area contributed by atoms with Gasteiger partial charge in [0.25, 0.3) is 0 Å². The molecule has 0 radical (unpaired) electrons. The summed E-state index contributed by atoms with van der Waals surface area (Å²) in [6.45, 7) is 4.65. The van der Waals surface area contributed by atoms with Crippen LogP contribution < -0.4 is 4.90 Å². The van der Waals surface area contributed by atoms with Crippen LogP contribution in [-0.4, -0.2) is 61.2 Å². The van der Waals surface area contributed by atoms with Crippen molar-refractivity contribution in [3.8, 4) is 0 Å². The molecule has 5 rings (SSSR count). The van der Waals surface area contributed by atoms with Gasteiger partial charge in [0.15, 0.2) is 5.13 Å². The molecule has 0 bridgehead atoms. The number of halogens is 1. The molecule has 0 aliphatic carbocycles. The van der Waals surface area contributed by atoms with Crippen LogP contribution in [0.5, 0.6) is 0 Å².